The van der Waals surface area contributed by atoms with E-state index >= 15 is 0 Å². The molecule has 0 amide bonds. The minimum atomic E-state index is 0.00478. The fourth-order valence-corrected chi connectivity index (χ4v) is 3.49. The van der Waals surface area contributed by atoms with Crippen molar-refractivity contribution in [2.45, 2.75) is 5.03 Å². The van der Waals surface area contributed by atoms with Crippen molar-refractivity contribution >= 4 is 23.1 Å². The molecule has 0 radical (unpaired) electrons. The normalized spacial score (nSPS) is 10.9. The predicted octanol–water partition coefficient (Wildman–Crippen LogP) is 4.95. The first-order valence-electron chi connectivity index (χ1n) is 7.99. The Morgan fingerprint density at radius 2 is 1.56 bits per heavy atom. The van der Waals surface area contributed by atoms with Gasteiger partial charge in [0.2, 0.25) is 0 Å². The summed E-state index contributed by atoms with van der Waals surface area (Å²) in [7, 11) is 0. The second-order valence-electron chi connectivity index (χ2n) is 5.69. The average molecular weight is 344 g/mol. The lowest BCUT2D eigenvalue weighted by Crippen LogP contribution is -2.02. The Balaban J connectivity index is 1.75. The van der Waals surface area contributed by atoms with Crippen LogP contribution in [0.3, 0.4) is 0 Å². The summed E-state index contributed by atoms with van der Waals surface area (Å²) in [5.74, 6) is 0.00478. The van der Waals surface area contributed by atoms with Crippen molar-refractivity contribution in [2.24, 2.45) is 0 Å². The Hall–Kier alpha value is -2.85. The van der Waals surface area contributed by atoms with Gasteiger partial charge in [-0.05, 0) is 29.5 Å². The molecule has 0 bridgehead atoms. The number of fused-ring (bicyclic) bond motifs is 1. The van der Waals surface area contributed by atoms with Gasteiger partial charge in [-0.2, -0.15) is 5.10 Å². The molecule has 0 unspecified atom stereocenters. The lowest BCUT2D eigenvalue weighted by molar-refractivity contribution is 0.103. The number of aromatic nitrogens is 2. The van der Waals surface area contributed by atoms with Crippen molar-refractivity contribution in [2.75, 3.05) is 6.26 Å². The topological polar surface area (TPSA) is 34.4 Å². The standard InChI is InChI=1S/C21H16N2OS/c1-25-21-19(18-9-5-6-14-23(18)22-21)20(24)17-12-10-16(11-13-17)15-7-3-2-4-8-15/h2-14H,1H3. The smallest absolute Gasteiger partial charge is 0.197 e. The summed E-state index contributed by atoms with van der Waals surface area (Å²) in [6.07, 6.45) is 3.81. The summed E-state index contributed by atoms with van der Waals surface area (Å²) < 4.78 is 1.76. The minimum Gasteiger partial charge on any atom is -0.288 e. The molecule has 25 heavy (non-hydrogen) atoms. The number of pyridine rings is 1. The third-order valence-corrected chi connectivity index (χ3v) is 4.85. The molecule has 122 valence electrons. The van der Waals surface area contributed by atoms with E-state index in [0.717, 1.165) is 21.7 Å². The van der Waals surface area contributed by atoms with Gasteiger partial charge in [-0.3, -0.25) is 4.79 Å². The Kier molecular flexibility index (Phi) is 4.12. The maximum atomic E-state index is 13.1. The van der Waals surface area contributed by atoms with Crippen LogP contribution in [0.5, 0.6) is 0 Å². The van der Waals surface area contributed by atoms with E-state index in [-0.39, 0.29) is 5.78 Å². The Morgan fingerprint density at radius 3 is 2.28 bits per heavy atom. The van der Waals surface area contributed by atoms with Crippen molar-refractivity contribution in [3.8, 4) is 11.1 Å². The molecule has 0 fully saturated rings. The molecule has 4 aromatic rings. The van der Waals surface area contributed by atoms with E-state index in [1.807, 2.05) is 73.1 Å². The molecule has 2 aromatic carbocycles. The van der Waals surface area contributed by atoms with Crippen molar-refractivity contribution in [3.05, 3.63) is 90.1 Å². The van der Waals surface area contributed by atoms with E-state index in [2.05, 4.69) is 17.2 Å². The van der Waals surface area contributed by atoms with Crippen LogP contribution in [0.1, 0.15) is 15.9 Å². The third kappa shape index (κ3) is 2.85. The summed E-state index contributed by atoms with van der Waals surface area (Å²) in [5, 5.41) is 5.25. The molecule has 0 saturated heterocycles. The molecular weight excluding hydrogens is 328 g/mol. The van der Waals surface area contributed by atoms with Crippen LogP contribution in [0.2, 0.25) is 0 Å². The zero-order chi connectivity index (χ0) is 17.2. The molecule has 0 spiro atoms. The highest BCUT2D eigenvalue weighted by atomic mass is 32.2. The van der Waals surface area contributed by atoms with Gasteiger partial charge in [0.25, 0.3) is 0 Å². The van der Waals surface area contributed by atoms with Gasteiger partial charge in [-0.25, -0.2) is 4.52 Å². The van der Waals surface area contributed by atoms with Gasteiger partial charge in [0.1, 0.15) is 5.03 Å². The van der Waals surface area contributed by atoms with Crippen LogP contribution < -0.4 is 0 Å². The highest BCUT2D eigenvalue weighted by Crippen LogP contribution is 2.27. The summed E-state index contributed by atoms with van der Waals surface area (Å²) in [4.78, 5) is 13.1. The van der Waals surface area contributed by atoms with Gasteiger partial charge in [-0.15, -0.1) is 11.8 Å². The van der Waals surface area contributed by atoms with Crippen LogP contribution >= 0.6 is 11.8 Å². The summed E-state index contributed by atoms with van der Waals surface area (Å²) >= 11 is 1.49. The van der Waals surface area contributed by atoms with Gasteiger partial charge < -0.3 is 0 Å². The molecule has 2 heterocycles. The maximum absolute atomic E-state index is 13.1. The van der Waals surface area contributed by atoms with Gasteiger partial charge in [-0.1, -0.05) is 60.7 Å². The molecule has 0 saturated carbocycles. The summed E-state index contributed by atoms with van der Waals surface area (Å²) in [6, 6.07) is 23.7. The number of nitrogens with zero attached hydrogens (tertiary/aromatic N) is 2. The molecular formula is C21H16N2OS. The Bertz CT molecular complexity index is 1040. The zero-order valence-corrected chi connectivity index (χ0v) is 14.5. The molecule has 4 heteroatoms. The largest absolute Gasteiger partial charge is 0.288 e. The Labute approximate surface area is 150 Å². The first-order chi connectivity index (χ1) is 12.3. The van der Waals surface area contributed by atoms with Crippen LogP contribution in [-0.2, 0) is 0 Å². The van der Waals surface area contributed by atoms with Gasteiger partial charge in [0.05, 0.1) is 11.1 Å². The fourth-order valence-electron chi connectivity index (χ4n) is 2.92. The molecule has 0 atom stereocenters. The molecule has 3 nitrogen and oxygen atoms in total. The van der Waals surface area contributed by atoms with Crippen molar-refractivity contribution in [1.82, 2.24) is 9.61 Å². The number of ketones is 1. The van der Waals surface area contributed by atoms with E-state index in [4.69, 9.17) is 0 Å². The number of rotatable bonds is 4. The SMILES string of the molecule is CSc1nn2ccccc2c1C(=O)c1ccc(-c2ccccc2)cc1. The molecule has 0 aliphatic carbocycles. The molecule has 2 aromatic heterocycles. The van der Waals surface area contributed by atoms with Crippen LogP contribution in [-0.4, -0.2) is 21.7 Å². The second kappa shape index (κ2) is 6.57. The first-order valence-corrected chi connectivity index (χ1v) is 9.22. The quantitative estimate of drug-likeness (QED) is 0.388. The highest BCUT2D eigenvalue weighted by Gasteiger charge is 2.20. The maximum Gasteiger partial charge on any atom is 0.197 e. The first kappa shape index (κ1) is 15.7. The number of thioether (sulfide) groups is 1. The molecule has 0 aliphatic rings. The van der Waals surface area contributed by atoms with Crippen LogP contribution in [0.4, 0.5) is 0 Å². The second-order valence-corrected chi connectivity index (χ2v) is 6.48. The number of hydrogen-bond donors (Lipinski definition) is 0. The zero-order valence-electron chi connectivity index (χ0n) is 13.7. The van der Waals surface area contributed by atoms with Gasteiger partial charge in [0, 0.05) is 11.8 Å². The van der Waals surface area contributed by atoms with Gasteiger partial charge in [0.15, 0.2) is 5.78 Å². The van der Waals surface area contributed by atoms with E-state index in [9.17, 15) is 4.79 Å². The van der Waals surface area contributed by atoms with Crippen molar-refractivity contribution in [3.63, 3.8) is 0 Å². The lowest BCUT2D eigenvalue weighted by atomic mass is 10.00. The van der Waals surface area contributed by atoms with Crippen LogP contribution in [0, 0.1) is 0 Å². The van der Waals surface area contributed by atoms with E-state index < -0.39 is 0 Å². The fraction of sp³-hybridized carbons (Fsp3) is 0.0476. The van der Waals surface area contributed by atoms with Gasteiger partial charge >= 0.3 is 0 Å². The molecule has 0 N–H and O–H groups in total. The lowest BCUT2D eigenvalue weighted by Gasteiger charge is -2.05. The number of carbonyl (C=O) groups excluding carboxylic acids is 1. The monoisotopic (exact) mass is 344 g/mol. The van der Waals surface area contributed by atoms with E-state index in [1.54, 1.807) is 4.52 Å². The third-order valence-electron chi connectivity index (χ3n) is 4.18. The minimum absolute atomic E-state index is 0.00478. The van der Waals surface area contributed by atoms with Crippen molar-refractivity contribution in [1.29, 1.82) is 0 Å². The number of hydrogen-bond acceptors (Lipinski definition) is 3. The average Bonchev–Trinajstić information content (AvgIpc) is 3.07. The number of carbonyl (C=O) groups is 1. The Morgan fingerprint density at radius 1 is 0.880 bits per heavy atom. The molecule has 0 aliphatic heterocycles. The summed E-state index contributed by atoms with van der Waals surface area (Å²) in [5.41, 5.74) is 4.42. The number of benzene rings is 2. The molecule has 4 rings (SSSR count). The predicted molar refractivity (Wildman–Crippen MR) is 102 cm³/mol. The highest BCUT2D eigenvalue weighted by molar-refractivity contribution is 7.98. The van der Waals surface area contributed by atoms with E-state index in [0.29, 0.717) is 11.1 Å². The van der Waals surface area contributed by atoms with Crippen LogP contribution in [0.25, 0.3) is 16.6 Å². The van der Waals surface area contributed by atoms with Crippen molar-refractivity contribution < 1.29 is 4.79 Å². The summed E-state index contributed by atoms with van der Waals surface area (Å²) in [6.45, 7) is 0. The van der Waals surface area contributed by atoms with E-state index in [1.165, 1.54) is 11.8 Å². The van der Waals surface area contributed by atoms with Crippen LogP contribution in [0.15, 0.2) is 84.0 Å².